The van der Waals surface area contributed by atoms with Gasteiger partial charge in [-0.3, -0.25) is 9.80 Å². The summed E-state index contributed by atoms with van der Waals surface area (Å²) in [6.45, 7) is 6.84. The topological polar surface area (TPSA) is 58.5 Å². The molecule has 4 heterocycles. The summed E-state index contributed by atoms with van der Waals surface area (Å²) in [4.78, 5) is 14.6. The normalized spacial score (nSPS) is 12.2. The summed E-state index contributed by atoms with van der Waals surface area (Å²) < 4.78 is 13.5. The fourth-order valence-corrected chi connectivity index (χ4v) is 9.22. The van der Waals surface area contributed by atoms with Crippen LogP contribution in [0.3, 0.4) is 0 Å². The first-order valence-electron chi connectivity index (χ1n) is 20.4. The maximum atomic E-state index is 6.77. The lowest BCUT2D eigenvalue weighted by Crippen LogP contribution is -2.16. The van der Waals surface area contributed by atoms with E-state index in [0.29, 0.717) is 0 Å². The average molecular weight is 775 g/mol. The Labute approximate surface area is 345 Å². The quantitative estimate of drug-likeness (QED) is 0.157. The van der Waals surface area contributed by atoms with E-state index in [4.69, 9.17) is 18.8 Å². The zero-order chi connectivity index (χ0) is 40.1. The van der Waals surface area contributed by atoms with Crippen molar-refractivity contribution in [2.75, 3.05) is 9.80 Å². The summed E-state index contributed by atoms with van der Waals surface area (Å²) in [6, 6.07) is 57.6. The van der Waals surface area contributed by atoms with Crippen molar-refractivity contribution >= 4 is 111 Å². The van der Waals surface area contributed by atoms with Gasteiger partial charge in [-0.15, -0.1) is 0 Å². The molecule has 12 rings (SSSR count). The zero-order valence-electron chi connectivity index (χ0n) is 33.3. The summed E-state index contributed by atoms with van der Waals surface area (Å²) >= 11 is 0. The molecule has 12 aromatic rings. The average Bonchev–Trinajstić information content (AvgIpc) is 3.86. The van der Waals surface area contributed by atoms with E-state index < -0.39 is 0 Å². The van der Waals surface area contributed by atoms with Crippen LogP contribution >= 0.6 is 0 Å². The van der Waals surface area contributed by atoms with Crippen LogP contribution in [0.5, 0.6) is 0 Å². The molecule has 0 bridgehead atoms. The minimum Gasteiger partial charge on any atom is -0.454 e. The number of hydrogen-bond donors (Lipinski definition) is 0. The Kier molecular flexibility index (Phi) is 7.39. The molecule has 6 heteroatoms. The van der Waals surface area contributed by atoms with Crippen molar-refractivity contribution in [1.29, 1.82) is 0 Å². The SMILES string of the molecule is CC(C)(C)c1cc2ccc3c(N(c4ccccn4)c4cccc5c4oc4ccccc45)cc(N(c4ccccn4)c4cccc5c4oc4ccccc45)c4ccc(c1)c2c34. The molecule has 0 radical (unpaired) electrons. The molecule has 0 N–H and O–H groups in total. The zero-order valence-corrected chi connectivity index (χ0v) is 33.3. The van der Waals surface area contributed by atoms with Crippen LogP contribution in [0, 0.1) is 0 Å². The maximum Gasteiger partial charge on any atom is 0.159 e. The maximum absolute atomic E-state index is 6.77. The van der Waals surface area contributed by atoms with Crippen molar-refractivity contribution in [3.63, 3.8) is 0 Å². The number of para-hydroxylation sites is 4. The smallest absolute Gasteiger partial charge is 0.159 e. The third kappa shape index (κ3) is 5.13. The van der Waals surface area contributed by atoms with Gasteiger partial charge in [-0.25, -0.2) is 9.97 Å². The van der Waals surface area contributed by atoms with Gasteiger partial charge in [0.2, 0.25) is 0 Å². The highest BCUT2D eigenvalue weighted by Gasteiger charge is 2.29. The molecule has 0 spiro atoms. The van der Waals surface area contributed by atoms with E-state index in [1.54, 1.807) is 0 Å². The van der Waals surface area contributed by atoms with Crippen molar-refractivity contribution in [1.82, 2.24) is 9.97 Å². The number of hydrogen-bond acceptors (Lipinski definition) is 6. The lowest BCUT2D eigenvalue weighted by atomic mass is 9.83. The molecule has 0 unspecified atom stereocenters. The van der Waals surface area contributed by atoms with E-state index in [-0.39, 0.29) is 5.41 Å². The Morgan fingerprint density at radius 2 is 0.867 bits per heavy atom. The van der Waals surface area contributed by atoms with E-state index in [9.17, 15) is 0 Å². The Hall–Kier alpha value is -7.70. The monoisotopic (exact) mass is 774 g/mol. The summed E-state index contributed by atoms with van der Waals surface area (Å²) in [5.74, 6) is 1.54. The molecule has 0 atom stereocenters. The molecule has 0 amide bonds. The molecule has 60 heavy (non-hydrogen) atoms. The highest BCUT2D eigenvalue weighted by Crippen LogP contribution is 2.52. The first kappa shape index (κ1) is 34.4. The molecule has 286 valence electrons. The van der Waals surface area contributed by atoms with Crippen LogP contribution in [0.25, 0.3) is 76.2 Å². The third-order valence-corrected chi connectivity index (χ3v) is 12.0. The number of nitrogens with zero attached hydrogens (tertiary/aromatic N) is 4. The lowest BCUT2D eigenvalue weighted by molar-refractivity contribution is 0.591. The van der Waals surface area contributed by atoms with Gasteiger partial charge in [0.25, 0.3) is 0 Å². The van der Waals surface area contributed by atoms with Crippen molar-refractivity contribution in [2.45, 2.75) is 26.2 Å². The fraction of sp³-hybridized carbons (Fsp3) is 0.0741. The van der Waals surface area contributed by atoms with Gasteiger partial charge in [0.15, 0.2) is 11.2 Å². The van der Waals surface area contributed by atoms with Crippen LogP contribution in [-0.4, -0.2) is 9.97 Å². The van der Waals surface area contributed by atoms with Crippen molar-refractivity contribution < 1.29 is 8.83 Å². The van der Waals surface area contributed by atoms with Gasteiger partial charge in [-0.1, -0.05) is 130 Å². The van der Waals surface area contributed by atoms with Crippen LogP contribution in [0.1, 0.15) is 26.3 Å². The molecule has 0 aliphatic heterocycles. The first-order chi connectivity index (χ1) is 29.4. The fourth-order valence-electron chi connectivity index (χ4n) is 9.22. The summed E-state index contributed by atoms with van der Waals surface area (Å²) in [7, 11) is 0. The number of rotatable bonds is 6. The standard InChI is InChI=1S/C54H38N4O2/c1-54(2,3)35-30-33-24-26-40-44(57(48-22-8-10-28-55-48)42-18-12-16-38-36-14-4-6-20-46(36)59-52(38)42)32-45(41-27-25-34(31-35)50(33)51(40)41)58(49-23-9-11-29-56-49)43-19-13-17-39-37-15-5-7-21-47(37)60-53(39)43/h4-32H,1-3H3. The van der Waals surface area contributed by atoms with Gasteiger partial charge in [0, 0.05) is 50.1 Å². The molecule has 0 saturated carbocycles. The molecule has 0 aliphatic rings. The van der Waals surface area contributed by atoms with Crippen LogP contribution in [0.15, 0.2) is 185 Å². The van der Waals surface area contributed by atoms with Crippen molar-refractivity contribution in [3.8, 4) is 0 Å². The van der Waals surface area contributed by atoms with Gasteiger partial charge in [0.05, 0.1) is 22.7 Å². The van der Waals surface area contributed by atoms with Crippen LogP contribution < -0.4 is 9.80 Å². The minimum absolute atomic E-state index is 0.0249. The molecule has 8 aromatic carbocycles. The summed E-state index contributed by atoms with van der Waals surface area (Å²) in [6.07, 6.45) is 3.71. The summed E-state index contributed by atoms with van der Waals surface area (Å²) in [5, 5.41) is 11.2. The molecular weight excluding hydrogens is 737 g/mol. The predicted octanol–water partition coefficient (Wildman–Crippen LogP) is 15.4. The van der Waals surface area contributed by atoms with Crippen molar-refractivity contribution in [2.24, 2.45) is 0 Å². The van der Waals surface area contributed by atoms with Gasteiger partial charge in [-0.05, 0) is 81.7 Å². The van der Waals surface area contributed by atoms with Crippen LogP contribution in [0.2, 0.25) is 0 Å². The Balaban J connectivity index is 1.25. The second-order valence-electron chi connectivity index (χ2n) is 16.6. The summed E-state index contributed by atoms with van der Waals surface area (Å²) in [5.41, 5.74) is 8.23. The lowest BCUT2D eigenvalue weighted by Gasteiger charge is -2.31. The molecule has 6 nitrogen and oxygen atoms in total. The largest absolute Gasteiger partial charge is 0.454 e. The Bertz CT molecular complexity index is 3380. The van der Waals surface area contributed by atoms with Crippen LogP contribution in [0.4, 0.5) is 34.4 Å². The van der Waals surface area contributed by atoms with E-state index in [0.717, 1.165) is 94.4 Å². The second-order valence-corrected chi connectivity index (χ2v) is 16.6. The number of pyridine rings is 2. The highest BCUT2D eigenvalue weighted by atomic mass is 16.3. The molecule has 0 fully saturated rings. The molecule has 0 aliphatic carbocycles. The predicted molar refractivity (Wildman–Crippen MR) is 248 cm³/mol. The number of fused-ring (bicyclic) bond motifs is 6. The van der Waals surface area contributed by atoms with Gasteiger partial charge in [0.1, 0.15) is 22.8 Å². The van der Waals surface area contributed by atoms with E-state index >= 15 is 0 Å². The highest BCUT2D eigenvalue weighted by molar-refractivity contribution is 6.29. The number of furan rings is 2. The number of aromatic nitrogens is 2. The number of anilines is 6. The molecule has 0 saturated heterocycles. The Morgan fingerprint density at radius 1 is 0.400 bits per heavy atom. The van der Waals surface area contributed by atoms with Crippen molar-refractivity contribution in [3.05, 3.63) is 182 Å². The van der Waals surface area contributed by atoms with E-state index in [1.165, 1.54) is 21.7 Å². The van der Waals surface area contributed by atoms with Crippen LogP contribution in [-0.2, 0) is 5.41 Å². The minimum atomic E-state index is -0.0249. The van der Waals surface area contributed by atoms with E-state index in [2.05, 4.69) is 146 Å². The first-order valence-corrected chi connectivity index (χ1v) is 20.4. The third-order valence-electron chi connectivity index (χ3n) is 12.0. The van der Waals surface area contributed by atoms with Gasteiger partial charge < -0.3 is 8.83 Å². The number of benzene rings is 8. The van der Waals surface area contributed by atoms with Gasteiger partial charge >= 0.3 is 0 Å². The molecular formula is C54H38N4O2. The molecule has 4 aromatic heterocycles. The van der Waals surface area contributed by atoms with E-state index in [1.807, 2.05) is 60.9 Å². The second kappa shape index (κ2) is 12.9. The van der Waals surface area contributed by atoms with Gasteiger partial charge in [-0.2, -0.15) is 0 Å². The Morgan fingerprint density at radius 3 is 1.33 bits per heavy atom.